The molecule has 0 saturated heterocycles. The third-order valence-electron chi connectivity index (χ3n) is 4.28. The minimum absolute atomic E-state index is 0.0576. The molecular weight excluding hydrogens is 333 g/mol. The lowest BCUT2D eigenvalue weighted by Gasteiger charge is -2.35. The zero-order chi connectivity index (χ0) is 17.3. The third-order valence-corrected chi connectivity index (χ3v) is 4.57. The minimum atomic E-state index is -0.537. The van der Waals surface area contributed by atoms with Crippen molar-refractivity contribution in [3.8, 4) is 0 Å². The van der Waals surface area contributed by atoms with E-state index in [0.29, 0.717) is 31.7 Å². The number of rotatable bonds is 4. The van der Waals surface area contributed by atoms with E-state index >= 15 is 0 Å². The fraction of sp³-hybridized carbons (Fsp3) is 0.412. The number of aromatic nitrogens is 2. The topological polar surface area (TPSA) is 47.4 Å². The number of amides is 1. The number of hydrogen-bond acceptors (Lipinski definition) is 3. The molecule has 1 atom stereocenters. The van der Waals surface area contributed by atoms with Crippen LogP contribution in [0.1, 0.15) is 28.7 Å². The Labute approximate surface area is 145 Å². The first-order chi connectivity index (χ1) is 11.5. The summed E-state index contributed by atoms with van der Waals surface area (Å²) in [5, 5.41) is -0.0576. The molecule has 0 spiro atoms. The fourth-order valence-corrected chi connectivity index (χ4v) is 3.14. The molecule has 0 saturated carbocycles. The van der Waals surface area contributed by atoms with Crippen LogP contribution in [-0.4, -0.2) is 39.6 Å². The van der Waals surface area contributed by atoms with E-state index in [1.54, 1.807) is 11.2 Å². The molecule has 0 bridgehead atoms. The number of hydrogen-bond donors (Lipinski definition) is 0. The van der Waals surface area contributed by atoms with Gasteiger partial charge in [-0.25, -0.2) is 9.37 Å². The Hall–Kier alpha value is -1.92. The van der Waals surface area contributed by atoms with Gasteiger partial charge in [0.05, 0.1) is 36.2 Å². The highest BCUT2D eigenvalue weighted by Crippen LogP contribution is 2.25. The third kappa shape index (κ3) is 3.16. The molecule has 1 aromatic heterocycles. The van der Waals surface area contributed by atoms with Crippen LogP contribution in [0.3, 0.4) is 0 Å². The molecule has 0 N–H and O–H groups in total. The molecule has 5 nitrogen and oxygen atoms in total. The maximum atomic E-state index is 13.4. The van der Waals surface area contributed by atoms with Gasteiger partial charge in [0.15, 0.2) is 0 Å². The second-order valence-electron chi connectivity index (χ2n) is 5.83. The van der Waals surface area contributed by atoms with E-state index in [9.17, 15) is 9.18 Å². The fourth-order valence-electron chi connectivity index (χ4n) is 2.96. The molecule has 2 heterocycles. The van der Waals surface area contributed by atoms with E-state index in [-0.39, 0.29) is 17.0 Å². The first-order valence-corrected chi connectivity index (χ1v) is 8.22. The van der Waals surface area contributed by atoms with Gasteiger partial charge in [0.1, 0.15) is 5.82 Å². The number of ether oxygens (including phenoxy) is 1. The van der Waals surface area contributed by atoms with E-state index in [1.807, 2.05) is 18.5 Å². The molecule has 24 heavy (non-hydrogen) atoms. The first kappa shape index (κ1) is 16.9. The molecule has 3 rings (SSSR count). The molecule has 128 valence electrons. The highest BCUT2D eigenvalue weighted by molar-refractivity contribution is 6.31. The van der Waals surface area contributed by atoms with Crippen LogP contribution in [0.15, 0.2) is 24.5 Å². The highest BCUT2D eigenvalue weighted by atomic mass is 35.5. The molecule has 7 heteroatoms. The van der Waals surface area contributed by atoms with Crippen LogP contribution in [0.4, 0.5) is 4.39 Å². The molecule has 1 aromatic carbocycles. The molecule has 1 aliphatic heterocycles. The number of fused-ring (bicyclic) bond motifs is 1. The lowest BCUT2D eigenvalue weighted by atomic mass is 10.0. The van der Waals surface area contributed by atoms with Gasteiger partial charge in [0.2, 0.25) is 0 Å². The van der Waals surface area contributed by atoms with Gasteiger partial charge >= 0.3 is 0 Å². The lowest BCUT2D eigenvalue weighted by Crippen LogP contribution is -2.47. The summed E-state index contributed by atoms with van der Waals surface area (Å²) in [6.07, 6.45) is 2.43. The van der Waals surface area contributed by atoms with E-state index in [2.05, 4.69) is 4.98 Å². The Kier molecular flexibility index (Phi) is 4.87. The van der Waals surface area contributed by atoms with Crippen LogP contribution in [0, 0.1) is 5.82 Å². The van der Waals surface area contributed by atoms with E-state index < -0.39 is 5.82 Å². The molecule has 1 aliphatic rings. The standard InChI is InChI=1S/C17H19ClFN3O2/c1-3-24-9-12-7-16-15(20-10-21(16)2)8-22(12)17(23)11-4-5-14(19)13(18)6-11/h4-6,10,12H,3,7-9H2,1-2H3/t12-/m0/s1. The summed E-state index contributed by atoms with van der Waals surface area (Å²) in [5.74, 6) is -0.734. The number of imidazole rings is 1. The van der Waals surface area contributed by atoms with Gasteiger partial charge in [-0.3, -0.25) is 4.79 Å². The Morgan fingerprint density at radius 2 is 2.29 bits per heavy atom. The Morgan fingerprint density at radius 3 is 3.00 bits per heavy atom. The summed E-state index contributed by atoms with van der Waals surface area (Å²) in [6, 6.07) is 3.94. The van der Waals surface area contributed by atoms with Crippen LogP contribution in [0.5, 0.6) is 0 Å². The Morgan fingerprint density at radius 1 is 1.50 bits per heavy atom. The maximum Gasteiger partial charge on any atom is 0.254 e. The van der Waals surface area contributed by atoms with Crippen molar-refractivity contribution in [1.82, 2.24) is 14.5 Å². The van der Waals surface area contributed by atoms with Crippen molar-refractivity contribution in [3.63, 3.8) is 0 Å². The average Bonchev–Trinajstić information content (AvgIpc) is 2.94. The molecule has 1 amide bonds. The maximum absolute atomic E-state index is 13.4. The van der Waals surface area contributed by atoms with E-state index in [0.717, 1.165) is 11.4 Å². The number of carbonyl (C=O) groups excluding carboxylic acids is 1. The van der Waals surface area contributed by atoms with Crippen molar-refractivity contribution in [2.75, 3.05) is 13.2 Å². The van der Waals surface area contributed by atoms with Crippen molar-refractivity contribution >= 4 is 17.5 Å². The summed E-state index contributed by atoms with van der Waals surface area (Å²) < 4.78 is 20.9. The molecule has 2 aromatic rings. The van der Waals surface area contributed by atoms with Crippen LogP contribution in [-0.2, 0) is 24.8 Å². The lowest BCUT2D eigenvalue weighted by molar-refractivity contribution is 0.0387. The van der Waals surface area contributed by atoms with Crippen LogP contribution < -0.4 is 0 Å². The van der Waals surface area contributed by atoms with E-state index in [4.69, 9.17) is 16.3 Å². The summed E-state index contributed by atoms with van der Waals surface area (Å²) in [5.41, 5.74) is 2.36. The van der Waals surface area contributed by atoms with Gasteiger partial charge in [-0.05, 0) is 25.1 Å². The minimum Gasteiger partial charge on any atom is -0.380 e. The largest absolute Gasteiger partial charge is 0.380 e. The SMILES string of the molecule is CCOC[C@@H]1Cc2c(ncn2C)CN1C(=O)c1ccc(F)c(Cl)c1. The average molecular weight is 352 g/mol. The van der Waals surface area contributed by atoms with Gasteiger partial charge in [-0.2, -0.15) is 0 Å². The van der Waals surface area contributed by atoms with Crippen molar-refractivity contribution in [2.24, 2.45) is 7.05 Å². The predicted octanol–water partition coefficient (Wildman–Crippen LogP) is 2.82. The first-order valence-electron chi connectivity index (χ1n) is 7.84. The Bertz CT molecular complexity index is 762. The number of carbonyl (C=O) groups is 1. The number of benzene rings is 1. The summed E-state index contributed by atoms with van der Waals surface area (Å²) in [6.45, 7) is 3.35. The second kappa shape index (κ2) is 6.91. The predicted molar refractivity (Wildman–Crippen MR) is 88.5 cm³/mol. The van der Waals surface area contributed by atoms with Crippen LogP contribution in [0.2, 0.25) is 5.02 Å². The van der Waals surface area contributed by atoms with Gasteiger partial charge < -0.3 is 14.2 Å². The smallest absolute Gasteiger partial charge is 0.254 e. The zero-order valence-corrected chi connectivity index (χ0v) is 14.4. The van der Waals surface area contributed by atoms with Crippen molar-refractivity contribution in [3.05, 3.63) is 52.3 Å². The van der Waals surface area contributed by atoms with Crippen LogP contribution in [0.25, 0.3) is 0 Å². The second-order valence-corrected chi connectivity index (χ2v) is 6.24. The highest BCUT2D eigenvalue weighted by Gasteiger charge is 2.33. The molecule has 0 radical (unpaired) electrons. The quantitative estimate of drug-likeness (QED) is 0.851. The van der Waals surface area contributed by atoms with Gasteiger partial charge in [-0.1, -0.05) is 11.6 Å². The summed E-state index contributed by atoms with van der Waals surface area (Å²) >= 11 is 5.82. The van der Waals surface area contributed by atoms with Crippen molar-refractivity contribution < 1.29 is 13.9 Å². The molecule has 0 unspecified atom stereocenters. The van der Waals surface area contributed by atoms with E-state index in [1.165, 1.54) is 18.2 Å². The van der Waals surface area contributed by atoms with Crippen LogP contribution >= 0.6 is 11.6 Å². The monoisotopic (exact) mass is 351 g/mol. The Balaban J connectivity index is 1.90. The van der Waals surface area contributed by atoms with Gasteiger partial charge in [0.25, 0.3) is 5.91 Å². The van der Waals surface area contributed by atoms with Crippen molar-refractivity contribution in [2.45, 2.75) is 25.9 Å². The molecule has 0 fully saturated rings. The van der Waals surface area contributed by atoms with Gasteiger partial charge in [0, 0.05) is 31.3 Å². The summed E-state index contributed by atoms with van der Waals surface area (Å²) in [7, 11) is 1.95. The number of halogens is 2. The molecular formula is C17H19ClFN3O2. The number of nitrogens with zero attached hydrogens (tertiary/aromatic N) is 3. The zero-order valence-electron chi connectivity index (χ0n) is 13.6. The van der Waals surface area contributed by atoms with Gasteiger partial charge in [-0.15, -0.1) is 0 Å². The van der Waals surface area contributed by atoms with Crippen molar-refractivity contribution in [1.29, 1.82) is 0 Å². The summed E-state index contributed by atoms with van der Waals surface area (Å²) in [4.78, 5) is 19.0. The normalized spacial score (nSPS) is 17.0. The number of aryl methyl sites for hydroxylation is 1. The molecule has 0 aliphatic carbocycles.